The summed E-state index contributed by atoms with van der Waals surface area (Å²) in [5.41, 5.74) is 0.939. The fraction of sp³-hybridized carbons (Fsp3) is 0.211. The van der Waals surface area contributed by atoms with Crippen molar-refractivity contribution in [3.8, 4) is 22.6 Å². The van der Waals surface area contributed by atoms with Gasteiger partial charge in [-0.15, -0.1) is 15.0 Å². The van der Waals surface area contributed by atoms with Crippen LogP contribution in [0.15, 0.2) is 43.1 Å². The van der Waals surface area contributed by atoms with Crippen molar-refractivity contribution in [3.63, 3.8) is 0 Å². The molecular weight excluding hydrogens is 436 g/mol. The molecule has 0 radical (unpaired) electrons. The molecule has 166 valence electrons. The minimum absolute atomic E-state index is 0.0112. The average molecular weight is 450 g/mol. The number of anilines is 1. The highest BCUT2D eigenvalue weighted by Gasteiger charge is 2.49. The Morgan fingerprint density at radius 3 is 2.66 bits per heavy atom. The van der Waals surface area contributed by atoms with Gasteiger partial charge in [-0.3, -0.25) is 9.88 Å². The third-order valence-corrected chi connectivity index (χ3v) is 4.68. The van der Waals surface area contributed by atoms with E-state index < -0.39 is 36.8 Å². The minimum atomic E-state index is -4.95. The van der Waals surface area contributed by atoms with Crippen molar-refractivity contribution in [2.24, 2.45) is 0 Å². The summed E-state index contributed by atoms with van der Waals surface area (Å²) in [5.74, 6) is -0.490. The molecule has 1 fully saturated rings. The van der Waals surface area contributed by atoms with Gasteiger partial charge in [0, 0.05) is 23.5 Å². The van der Waals surface area contributed by atoms with Crippen LogP contribution in [0.25, 0.3) is 28.8 Å². The number of alkyl halides is 3. The van der Waals surface area contributed by atoms with Crippen molar-refractivity contribution >= 4 is 18.0 Å². The maximum absolute atomic E-state index is 14.7. The number of cyclic esters (lactones) is 1. The zero-order chi connectivity index (χ0) is 23.0. The Kier molecular flexibility index (Phi) is 5.34. The topological polar surface area (TPSA) is 106 Å². The van der Waals surface area contributed by atoms with Gasteiger partial charge in [-0.1, -0.05) is 12.6 Å². The molecule has 1 saturated heterocycles. The van der Waals surface area contributed by atoms with E-state index in [1.165, 1.54) is 24.5 Å². The molecule has 0 saturated carbocycles. The highest BCUT2D eigenvalue weighted by atomic mass is 19.4. The Bertz CT molecular complexity index is 1160. The van der Waals surface area contributed by atoms with Crippen molar-refractivity contribution in [1.29, 1.82) is 0 Å². The van der Waals surface area contributed by atoms with Crippen LogP contribution >= 0.6 is 0 Å². The molecule has 1 aliphatic rings. The number of carbonyl (C=O) groups excluding carboxylic acids is 1. The molecule has 32 heavy (non-hydrogen) atoms. The van der Waals surface area contributed by atoms with E-state index in [9.17, 15) is 27.5 Å². The average Bonchev–Trinajstić information content (AvgIpc) is 3.39. The first kappa shape index (κ1) is 21.4. The lowest BCUT2D eigenvalue weighted by molar-refractivity contribution is -0.224. The number of pyridine rings is 1. The SMILES string of the molecule is C=Cn1nnc(-c2ccc(-c3ccc(N4C[C@@H](C(O)C(F)(F)F)OC4=O)cc3F)cn2)n1. The second-order valence-electron chi connectivity index (χ2n) is 6.73. The third-order valence-electron chi connectivity index (χ3n) is 4.68. The standard InChI is InChI=1S/C19H14F4N6O3/c1-2-29-26-17(25-27-29)14-6-3-10(8-24-14)12-5-4-11(7-13(12)20)28-9-15(32-18(28)31)16(30)19(21,22)23/h2-8,15-16,30H,1,9H2/t15-,16?/m0/s1. The number of benzene rings is 1. The number of halogens is 4. The second-order valence-corrected chi connectivity index (χ2v) is 6.73. The summed E-state index contributed by atoms with van der Waals surface area (Å²) < 4.78 is 57.4. The Labute approximate surface area is 177 Å². The number of aliphatic hydroxyl groups is 1. The Hall–Kier alpha value is -3.87. The van der Waals surface area contributed by atoms with Crippen LogP contribution in [0.2, 0.25) is 0 Å². The lowest BCUT2D eigenvalue weighted by Gasteiger charge is -2.19. The Morgan fingerprint density at radius 1 is 1.28 bits per heavy atom. The maximum Gasteiger partial charge on any atom is 0.418 e. The number of nitrogens with zero attached hydrogens (tertiary/aromatic N) is 6. The fourth-order valence-corrected chi connectivity index (χ4v) is 3.07. The zero-order valence-electron chi connectivity index (χ0n) is 16.1. The summed E-state index contributed by atoms with van der Waals surface area (Å²) in [6, 6.07) is 6.84. The fourth-order valence-electron chi connectivity index (χ4n) is 3.07. The van der Waals surface area contributed by atoms with Gasteiger partial charge in [0.25, 0.3) is 0 Å². The largest absolute Gasteiger partial charge is 0.441 e. The smallest absolute Gasteiger partial charge is 0.418 e. The van der Waals surface area contributed by atoms with E-state index >= 15 is 0 Å². The first-order valence-electron chi connectivity index (χ1n) is 9.08. The van der Waals surface area contributed by atoms with Crippen molar-refractivity contribution in [2.75, 3.05) is 11.4 Å². The number of aliphatic hydroxyl groups excluding tert-OH is 1. The van der Waals surface area contributed by atoms with E-state index in [0.29, 0.717) is 11.3 Å². The van der Waals surface area contributed by atoms with E-state index in [0.717, 1.165) is 15.8 Å². The molecular formula is C19H14F4N6O3. The second kappa shape index (κ2) is 8.00. The number of rotatable bonds is 5. The highest BCUT2D eigenvalue weighted by Crippen LogP contribution is 2.32. The molecule has 1 N–H and O–H groups in total. The number of hydrogen-bond donors (Lipinski definition) is 1. The first-order valence-corrected chi connectivity index (χ1v) is 9.08. The molecule has 2 aromatic heterocycles. The van der Waals surface area contributed by atoms with E-state index in [-0.39, 0.29) is 17.1 Å². The van der Waals surface area contributed by atoms with Crippen LogP contribution in [0, 0.1) is 5.82 Å². The Balaban J connectivity index is 1.53. The van der Waals surface area contributed by atoms with Gasteiger partial charge in [-0.05, 0) is 29.5 Å². The number of tetrazole rings is 1. The van der Waals surface area contributed by atoms with E-state index in [1.807, 2.05) is 0 Å². The van der Waals surface area contributed by atoms with E-state index in [2.05, 4.69) is 31.7 Å². The molecule has 1 aromatic carbocycles. The van der Waals surface area contributed by atoms with Gasteiger partial charge in [0.05, 0.1) is 12.2 Å². The van der Waals surface area contributed by atoms with Crippen LogP contribution in [-0.2, 0) is 4.74 Å². The van der Waals surface area contributed by atoms with Gasteiger partial charge >= 0.3 is 12.3 Å². The van der Waals surface area contributed by atoms with Crippen LogP contribution in [-0.4, -0.2) is 61.3 Å². The highest BCUT2D eigenvalue weighted by molar-refractivity contribution is 5.90. The minimum Gasteiger partial charge on any atom is -0.441 e. The van der Waals surface area contributed by atoms with Crippen molar-refractivity contribution in [2.45, 2.75) is 18.4 Å². The van der Waals surface area contributed by atoms with Gasteiger partial charge in [0.1, 0.15) is 11.5 Å². The summed E-state index contributed by atoms with van der Waals surface area (Å²) in [5, 5.41) is 20.9. The monoisotopic (exact) mass is 450 g/mol. The van der Waals surface area contributed by atoms with Crippen LogP contribution in [0.4, 0.5) is 28.0 Å². The molecule has 1 unspecified atom stereocenters. The number of amides is 1. The molecule has 9 nitrogen and oxygen atoms in total. The molecule has 3 aromatic rings. The lowest BCUT2D eigenvalue weighted by atomic mass is 10.1. The predicted octanol–water partition coefficient (Wildman–Crippen LogP) is 2.89. The molecule has 4 rings (SSSR count). The van der Waals surface area contributed by atoms with E-state index in [4.69, 9.17) is 0 Å². The quantitative estimate of drug-likeness (QED) is 0.596. The van der Waals surface area contributed by atoms with Gasteiger partial charge < -0.3 is 9.84 Å². The summed E-state index contributed by atoms with van der Waals surface area (Å²) in [7, 11) is 0. The third kappa shape index (κ3) is 4.01. The Morgan fingerprint density at radius 2 is 2.06 bits per heavy atom. The van der Waals surface area contributed by atoms with Crippen LogP contribution in [0.1, 0.15) is 0 Å². The van der Waals surface area contributed by atoms with E-state index in [1.54, 1.807) is 12.1 Å². The van der Waals surface area contributed by atoms with Gasteiger partial charge in [0.2, 0.25) is 5.82 Å². The molecule has 1 amide bonds. The maximum atomic E-state index is 14.7. The molecule has 2 atom stereocenters. The number of aromatic nitrogens is 5. The summed E-state index contributed by atoms with van der Waals surface area (Å²) >= 11 is 0. The first-order chi connectivity index (χ1) is 15.2. The molecule has 3 heterocycles. The summed E-state index contributed by atoms with van der Waals surface area (Å²) in [6.07, 6.45) is -7.98. The summed E-state index contributed by atoms with van der Waals surface area (Å²) in [6.45, 7) is 2.93. The van der Waals surface area contributed by atoms with Crippen molar-refractivity contribution in [3.05, 3.63) is 48.9 Å². The predicted molar refractivity (Wildman–Crippen MR) is 103 cm³/mol. The van der Waals surface area contributed by atoms with Crippen LogP contribution < -0.4 is 4.90 Å². The normalized spacial score (nSPS) is 17.3. The molecule has 0 aliphatic carbocycles. The molecule has 1 aliphatic heterocycles. The van der Waals surface area contributed by atoms with Crippen LogP contribution in [0.3, 0.4) is 0 Å². The number of ether oxygens (including phenoxy) is 1. The molecule has 0 spiro atoms. The summed E-state index contributed by atoms with van der Waals surface area (Å²) in [4.78, 5) is 18.1. The zero-order valence-corrected chi connectivity index (χ0v) is 16.1. The van der Waals surface area contributed by atoms with Gasteiger partial charge in [0.15, 0.2) is 12.2 Å². The molecule has 13 heteroatoms. The lowest BCUT2D eigenvalue weighted by Crippen LogP contribution is -2.42. The number of hydrogen-bond acceptors (Lipinski definition) is 7. The van der Waals surface area contributed by atoms with Crippen molar-refractivity contribution in [1.82, 2.24) is 25.2 Å². The number of carbonyl (C=O) groups is 1. The van der Waals surface area contributed by atoms with Crippen molar-refractivity contribution < 1.29 is 32.2 Å². The molecule has 0 bridgehead atoms. The van der Waals surface area contributed by atoms with Gasteiger partial charge in [-0.2, -0.15) is 13.2 Å². The van der Waals surface area contributed by atoms with Crippen LogP contribution in [0.5, 0.6) is 0 Å². The van der Waals surface area contributed by atoms with Gasteiger partial charge in [-0.25, -0.2) is 9.18 Å².